The number of anilines is 3. The Bertz CT molecular complexity index is 519. The molecule has 0 aliphatic rings. The molecular weight excluding hydrogens is 224 g/mol. The minimum atomic E-state index is 0.600. The fourth-order valence-electron chi connectivity index (χ4n) is 1.50. The van der Waals surface area contributed by atoms with Crippen LogP contribution in [0.1, 0.15) is 5.69 Å². The lowest BCUT2D eigenvalue weighted by Crippen LogP contribution is -1.93. The first-order chi connectivity index (χ1) is 7.56. The van der Waals surface area contributed by atoms with Crippen molar-refractivity contribution in [2.24, 2.45) is 7.05 Å². The fraction of sp³-hybridized carbons (Fsp3) is 0.182. The van der Waals surface area contributed by atoms with Crippen LogP contribution < -0.4 is 11.1 Å². The van der Waals surface area contributed by atoms with E-state index in [0.29, 0.717) is 10.7 Å². The number of rotatable bonds is 2. The van der Waals surface area contributed by atoms with Gasteiger partial charge in [0.2, 0.25) is 0 Å². The van der Waals surface area contributed by atoms with Gasteiger partial charge in [0.15, 0.2) is 0 Å². The maximum absolute atomic E-state index is 6.07. The maximum atomic E-state index is 6.07. The van der Waals surface area contributed by atoms with Crippen molar-refractivity contribution in [3.63, 3.8) is 0 Å². The summed E-state index contributed by atoms with van der Waals surface area (Å²) >= 11 is 6.07. The molecule has 1 aromatic carbocycles. The molecule has 0 aliphatic heterocycles. The molecule has 0 aliphatic carbocycles. The lowest BCUT2D eigenvalue weighted by molar-refractivity contribution is 0.756. The number of nitrogens with zero attached hydrogens (tertiary/aromatic N) is 2. The Morgan fingerprint density at radius 1 is 1.38 bits per heavy atom. The van der Waals surface area contributed by atoms with E-state index in [-0.39, 0.29) is 0 Å². The molecule has 0 unspecified atom stereocenters. The molecule has 0 atom stereocenters. The number of benzene rings is 1. The Labute approximate surface area is 99.0 Å². The number of aryl methyl sites for hydroxylation is 2. The minimum Gasteiger partial charge on any atom is -0.399 e. The van der Waals surface area contributed by atoms with E-state index in [1.54, 1.807) is 16.8 Å². The van der Waals surface area contributed by atoms with Gasteiger partial charge in [-0.2, -0.15) is 5.10 Å². The van der Waals surface area contributed by atoms with Crippen LogP contribution in [-0.4, -0.2) is 9.78 Å². The van der Waals surface area contributed by atoms with Gasteiger partial charge >= 0.3 is 0 Å². The largest absolute Gasteiger partial charge is 0.399 e. The van der Waals surface area contributed by atoms with Crippen LogP contribution in [0.4, 0.5) is 17.1 Å². The zero-order valence-corrected chi connectivity index (χ0v) is 9.92. The van der Waals surface area contributed by atoms with Gasteiger partial charge in [-0.3, -0.25) is 4.68 Å². The Morgan fingerprint density at radius 2 is 2.12 bits per heavy atom. The van der Waals surface area contributed by atoms with Gasteiger partial charge in [-0.15, -0.1) is 0 Å². The summed E-state index contributed by atoms with van der Waals surface area (Å²) in [6.45, 7) is 1.94. The van der Waals surface area contributed by atoms with E-state index in [1.807, 2.05) is 26.2 Å². The molecule has 0 spiro atoms. The van der Waals surface area contributed by atoms with Crippen LogP contribution in [0, 0.1) is 6.92 Å². The lowest BCUT2D eigenvalue weighted by atomic mass is 10.2. The van der Waals surface area contributed by atoms with Crippen molar-refractivity contribution < 1.29 is 0 Å². The van der Waals surface area contributed by atoms with Crippen molar-refractivity contribution in [2.75, 3.05) is 11.1 Å². The van der Waals surface area contributed by atoms with E-state index in [9.17, 15) is 0 Å². The van der Waals surface area contributed by atoms with Gasteiger partial charge in [0.25, 0.3) is 0 Å². The summed E-state index contributed by atoms with van der Waals surface area (Å²) in [5.74, 6) is 0. The minimum absolute atomic E-state index is 0.600. The first-order valence-electron chi connectivity index (χ1n) is 4.88. The van der Waals surface area contributed by atoms with Gasteiger partial charge in [-0.25, -0.2) is 0 Å². The van der Waals surface area contributed by atoms with Gasteiger partial charge in [0.1, 0.15) is 0 Å². The van der Waals surface area contributed by atoms with Gasteiger partial charge < -0.3 is 11.1 Å². The molecular formula is C11H13ClN4. The maximum Gasteiger partial charge on any atom is 0.0828 e. The van der Waals surface area contributed by atoms with Gasteiger partial charge in [-0.1, -0.05) is 11.6 Å². The molecule has 0 bridgehead atoms. The van der Waals surface area contributed by atoms with E-state index < -0.39 is 0 Å². The second-order valence-electron chi connectivity index (χ2n) is 3.67. The second kappa shape index (κ2) is 4.06. The SMILES string of the molecule is Cc1nn(C)cc1Nc1ccc(N)cc1Cl. The van der Waals surface area contributed by atoms with Crippen LogP contribution in [0.25, 0.3) is 0 Å². The molecule has 2 rings (SSSR count). The topological polar surface area (TPSA) is 55.9 Å². The van der Waals surface area contributed by atoms with Gasteiger partial charge in [0, 0.05) is 18.9 Å². The first kappa shape index (κ1) is 10.8. The normalized spacial score (nSPS) is 10.4. The number of nitrogen functional groups attached to an aromatic ring is 1. The fourth-order valence-corrected chi connectivity index (χ4v) is 1.74. The van der Waals surface area contributed by atoms with Crippen LogP contribution in [0.15, 0.2) is 24.4 Å². The number of hydrogen-bond donors (Lipinski definition) is 2. The zero-order valence-electron chi connectivity index (χ0n) is 9.16. The van der Waals surface area contributed by atoms with Crippen molar-refractivity contribution in [1.29, 1.82) is 0 Å². The molecule has 2 aromatic rings. The predicted octanol–water partition coefficient (Wildman–Crippen LogP) is 2.71. The van der Waals surface area contributed by atoms with Crippen LogP contribution in [0.2, 0.25) is 5.02 Å². The molecule has 0 amide bonds. The third-order valence-corrected chi connectivity index (χ3v) is 2.59. The monoisotopic (exact) mass is 236 g/mol. The summed E-state index contributed by atoms with van der Waals surface area (Å²) < 4.78 is 1.75. The molecule has 1 heterocycles. The van der Waals surface area contributed by atoms with Crippen LogP contribution in [0.3, 0.4) is 0 Å². The van der Waals surface area contributed by atoms with Crippen LogP contribution in [-0.2, 0) is 7.05 Å². The Hall–Kier alpha value is -1.68. The lowest BCUT2D eigenvalue weighted by Gasteiger charge is -2.07. The van der Waals surface area contributed by atoms with Crippen molar-refractivity contribution in [1.82, 2.24) is 9.78 Å². The third-order valence-electron chi connectivity index (χ3n) is 2.28. The molecule has 4 nitrogen and oxygen atoms in total. The number of aromatic nitrogens is 2. The van der Waals surface area contributed by atoms with E-state index in [0.717, 1.165) is 17.1 Å². The summed E-state index contributed by atoms with van der Waals surface area (Å²) in [5.41, 5.74) is 8.97. The number of halogens is 1. The average Bonchev–Trinajstić information content (AvgIpc) is 2.50. The molecule has 0 fully saturated rings. The van der Waals surface area contributed by atoms with E-state index in [2.05, 4.69) is 10.4 Å². The Kier molecular flexibility index (Phi) is 2.75. The highest BCUT2D eigenvalue weighted by Crippen LogP contribution is 2.28. The Balaban J connectivity index is 2.30. The van der Waals surface area contributed by atoms with Crippen molar-refractivity contribution >= 4 is 28.7 Å². The van der Waals surface area contributed by atoms with Crippen molar-refractivity contribution in [2.45, 2.75) is 6.92 Å². The molecule has 5 heteroatoms. The quantitative estimate of drug-likeness (QED) is 0.789. The average molecular weight is 237 g/mol. The summed E-state index contributed by atoms with van der Waals surface area (Å²) in [6, 6.07) is 5.37. The number of hydrogen-bond acceptors (Lipinski definition) is 3. The molecule has 16 heavy (non-hydrogen) atoms. The predicted molar refractivity (Wildman–Crippen MR) is 67.1 cm³/mol. The smallest absolute Gasteiger partial charge is 0.0828 e. The zero-order chi connectivity index (χ0) is 11.7. The molecule has 3 N–H and O–H groups in total. The standard InChI is InChI=1S/C11H13ClN4/c1-7-11(6-16(2)15-7)14-10-4-3-8(13)5-9(10)12/h3-6,14H,13H2,1-2H3. The Morgan fingerprint density at radius 3 is 2.69 bits per heavy atom. The number of nitrogens with two attached hydrogens (primary N) is 1. The van der Waals surface area contributed by atoms with E-state index >= 15 is 0 Å². The summed E-state index contributed by atoms with van der Waals surface area (Å²) in [5, 5.41) is 8.06. The number of nitrogens with one attached hydrogen (secondary N) is 1. The van der Waals surface area contributed by atoms with E-state index in [1.165, 1.54) is 0 Å². The summed E-state index contributed by atoms with van der Waals surface area (Å²) in [6.07, 6.45) is 1.90. The highest BCUT2D eigenvalue weighted by Gasteiger charge is 2.05. The molecule has 0 radical (unpaired) electrons. The van der Waals surface area contributed by atoms with Gasteiger partial charge in [-0.05, 0) is 25.1 Å². The molecule has 0 saturated carbocycles. The van der Waals surface area contributed by atoms with E-state index in [4.69, 9.17) is 17.3 Å². The highest BCUT2D eigenvalue weighted by atomic mass is 35.5. The van der Waals surface area contributed by atoms with Crippen LogP contribution >= 0.6 is 11.6 Å². The van der Waals surface area contributed by atoms with Crippen molar-refractivity contribution in [3.8, 4) is 0 Å². The summed E-state index contributed by atoms with van der Waals surface area (Å²) in [4.78, 5) is 0. The molecule has 1 aromatic heterocycles. The highest BCUT2D eigenvalue weighted by molar-refractivity contribution is 6.33. The summed E-state index contributed by atoms with van der Waals surface area (Å²) in [7, 11) is 1.88. The second-order valence-corrected chi connectivity index (χ2v) is 4.07. The molecule has 84 valence electrons. The third kappa shape index (κ3) is 2.12. The van der Waals surface area contributed by atoms with Gasteiger partial charge in [0.05, 0.1) is 22.1 Å². The molecule has 0 saturated heterocycles. The van der Waals surface area contributed by atoms with Crippen molar-refractivity contribution in [3.05, 3.63) is 35.1 Å². The van der Waals surface area contributed by atoms with Crippen LogP contribution in [0.5, 0.6) is 0 Å². The first-order valence-corrected chi connectivity index (χ1v) is 5.26.